The number of hydrogen-bond donors (Lipinski definition) is 1. The Morgan fingerprint density at radius 3 is 2.92 bits per heavy atom. The molecule has 25 heavy (non-hydrogen) atoms. The molecule has 0 saturated heterocycles. The van der Waals surface area contributed by atoms with Crippen LogP contribution < -0.4 is 4.90 Å². The van der Waals surface area contributed by atoms with E-state index in [0.29, 0.717) is 17.9 Å². The van der Waals surface area contributed by atoms with Gasteiger partial charge in [0.2, 0.25) is 0 Å². The first-order valence-electron chi connectivity index (χ1n) is 7.75. The SMILES string of the molecule is Fc1ccc(Cl)c(F)c1C1=Nc2cn[nH]c2-c2cnn3c2N1CCC3. The fourth-order valence-corrected chi connectivity index (χ4v) is 3.51. The molecule has 0 atom stereocenters. The number of amidine groups is 1. The molecule has 1 N–H and O–H groups in total. The molecule has 5 rings (SSSR count). The lowest BCUT2D eigenvalue weighted by molar-refractivity contribution is 0.543. The number of fused-ring (bicyclic) bond motifs is 2. The maximum atomic E-state index is 14.7. The van der Waals surface area contributed by atoms with Gasteiger partial charge in [-0.1, -0.05) is 11.6 Å². The zero-order valence-electron chi connectivity index (χ0n) is 12.8. The van der Waals surface area contributed by atoms with Gasteiger partial charge in [-0.25, -0.2) is 18.5 Å². The summed E-state index contributed by atoms with van der Waals surface area (Å²) in [6, 6.07) is 2.34. The van der Waals surface area contributed by atoms with Crippen LogP contribution in [0, 0.1) is 11.6 Å². The molecule has 126 valence electrons. The summed E-state index contributed by atoms with van der Waals surface area (Å²) in [5.74, 6) is -0.636. The normalized spacial score (nSPS) is 15.5. The molecule has 0 bridgehead atoms. The van der Waals surface area contributed by atoms with Gasteiger partial charge in [0.05, 0.1) is 34.2 Å². The summed E-state index contributed by atoms with van der Waals surface area (Å²) in [6.45, 7) is 1.30. The molecule has 9 heteroatoms. The summed E-state index contributed by atoms with van der Waals surface area (Å²) < 4.78 is 31.0. The molecule has 0 unspecified atom stereocenters. The number of aromatic amines is 1. The van der Waals surface area contributed by atoms with E-state index >= 15 is 0 Å². The van der Waals surface area contributed by atoms with Gasteiger partial charge in [-0.2, -0.15) is 10.2 Å². The van der Waals surface area contributed by atoms with Crippen LogP contribution in [0.4, 0.5) is 20.3 Å². The molecule has 4 heterocycles. The molecule has 0 radical (unpaired) electrons. The monoisotopic (exact) mass is 360 g/mol. The van der Waals surface area contributed by atoms with Crippen molar-refractivity contribution in [1.82, 2.24) is 20.0 Å². The highest BCUT2D eigenvalue weighted by atomic mass is 35.5. The third kappa shape index (κ3) is 1.97. The van der Waals surface area contributed by atoms with E-state index in [4.69, 9.17) is 11.6 Å². The molecule has 0 spiro atoms. The van der Waals surface area contributed by atoms with Crippen LogP contribution in [0.3, 0.4) is 0 Å². The Morgan fingerprint density at radius 2 is 2.04 bits per heavy atom. The van der Waals surface area contributed by atoms with Crippen LogP contribution in [0.2, 0.25) is 5.02 Å². The molecule has 6 nitrogen and oxygen atoms in total. The van der Waals surface area contributed by atoms with Crippen molar-refractivity contribution in [2.45, 2.75) is 13.0 Å². The third-order valence-corrected chi connectivity index (χ3v) is 4.75. The van der Waals surface area contributed by atoms with Gasteiger partial charge in [0.15, 0.2) is 5.82 Å². The molecular formula is C16H11ClF2N6. The number of rotatable bonds is 1. The predicted molar refractivity (Wildman–Crippen MR) is 89.3 cm³/mol. The van der Waals surface area contributed by atoms with Gasteiger partial charge < -0.3 is 4.90 Å². The van der Waals surface area contributed by atoms with Crippen molar-refractivity contribution in [3.8, 4) is 11.3 Å². The minimum absolute atomic E-state index is 0.151. The highest BCUT2D eigenvalue weighted by Gasteiger charge is 2.34. The highest BCUT2D eigenvalue weighted by molar-refractivity contribution is 6.31. The Bertz CT molecular complexity index is 1040. The largest absolute Gasteiger partial charge is 0.310 e. The first-order valence-corrected chi connectivity index (χ1v) is 8.12. The van der Waals surface area contributed by atoms with Crippen molar-refractivity contribution in [3.05, 3.63) is 46.7 Å². The lowest BCUT2D eigenvalue weighted by Gasteiger charge is -2.30. The minimum atomic E-state index is -0.828. The maximum absolute atomic E-state index is 14.7. The number of halogens is 3. The second-order valence-electron chi connectivity index (χ2n) is 5.89. The van der Waals surface area contributed by atoms with E-state index in [9.17, 15) is 8.78 Å². The van der Waals surface area contributed by atoms with Gasteiger partial charge in [-0.15, -0.1) is 0 Å². The first-order chi connectivity index (χ1) is 12.1. The van der Waals surface area contributed by atoms with Crippen molar-refractivity contribution < 1.29 is 8.78 Å². The highest BCUT2D eigenvalue weighted by Crippen LogP contribution is 2.41. The maximum Gasteiger partial charge on any atom is 0.155 e. The zero-order valence-corrected chi connectivity index (χ0v) is 13.6. The molecule has 1 aromatic carbocycles. The lowest BCUT2D eigenvalue weighted by atomic mass is 10.1. The topological polar surface area (TPSA) is 62.1 Å². The molecule has 0 saturated carbocycles. The quantitative estimate of drug-likeness (QED) is 0.675. The molecule has 0 aliphatic carbocycles. The van der Waals surface area contributed by atoms with E-state index in [2.05, 4.69) is 20.3 Å². The summed E-state index contributed by atoms with van der Waals surface area (Å²) in [7, 11) is 0. The van der Waals surface area contributed by atoms with Crippen molar-refractivity contribution in [1.29, 1.82) is 0 Å². The van der Waals surface area contributed by atoms with Gasteiger partial charge >= 0.3 is 0 Å². The number of nitrogens with zero attached hydrogens (tertiary/aromatic N) is 5. The molecule has 2 aromatic heterocycles. The van der Waals surface area contributed by atoms with Crippen molar-refractivity contribution in [2.75, 3.05) is 11.4 Å². The number of hydrogen-bond acceptors (Lipinski definition) is 4. The Kier molecular flexibility index (Phi) is 2.99. The second kappa shape index (κ2) is 5.13. The minimum Gasteiger partial charge on any atom is -0.310 e. The van der Waals surface area contributed by atoms with Crippen LogP contribution in [-0.4, -0.2) is 32.4 Å². The standard InChI is InChI=1S/C16H11ClF2N6/c17-9-2-3-10(18)12(13(9)19)15-22-11-7-20-23-14(11)8-6-21-25-5-1-4-24(15)16(8)25/h2-3,6-7H,1,4-5H2,(H,20,23). The van der Waals surface area contributed by atoms with Crippen LogP contribution in [-0.2, 0) is 6.54 Å². The van der Waals surface area contributed by atoms with Crippen LogP contribution in [0.1, 0.15) is 12.0 Å². The summed E-state index contributed by atoms with van der Waals surface area (Å²) in [4.78, 5) is 6.30. The van der Waals surface area contributed by atoms with Crippen LogP contribution in [0.25, 0.3) is 11.3 Å². The first kappa shape index (κ1) is 14.6. The Morgan fingerprint density at radius 1 is 1.16 bits per heavy atom. The number of benzene rings is 1. The smallest absolute Gasteiger partial charge is 0.155 e. The predicted octanol–water partition coefficient (Wildman–Crippen LogP) is 3.51. The van der Waals surface area contributed by atoms with E-state index in [-0.39, 0.29) is 16.4 Å². The lowest BCUT2D eigenvalue weighted by Crippen LogP contribution is -2.39. The number of aliphatic imine (C=N–C) groups is 1. The molecule has 3 aromatic rings. The molecule has 2 aliphatic rings. The van der Waals surface area contributed by atoms with Gasteiger partial charge in [-0.05, 0) is 18.6 Å². The van der Waals surface area contributed by atoms with E-state index in [0.717, 1.165) is 30.4 Å². The Balaban J connectivity index is 1.85. The summed E-state index contributed by atoms with van der Waals surface area (Å²) in [5, 5.41) is 11.1. The zero-order chi connectivity index (χ0) is 17.1. The number of anilines is 1. The number of nitrogens with one attached hydrogen (secondary N) is 1. The second-order valence-corrected chi connectivity index (χ2v) is 6.30. The Labute approximate surface area is 145 Å². The molecule has 2 aliphatic heterocycles. The number of aryl methyl sites for hydroxylation is 1. The third-order valence-electron chi connectivity index (χ3n) is 4.46. The summed E-state index contributed by atoms with van der Waals surface area (Å²) >= 11 is 5.89. The van der Waals surface area contributed by atoms with Crippen LogP contribution >= 0.6 is 11.6 Å². The average molecular weight is 361 g/mol. The van der Waals surface area contributed by atoms with Gasteiger partial charge in [-0.3, -0.25) is 5.10 Å². The average Bonchev–Trinajstić information content (AvgIpc) is 3.21. The van der Waals surface area contributed by atoms with Crippen molar-refractivity contribution in [2.24, 2.45) is 4.99 Å². The summed E-state index contributed by atoms with van der Waals surface area (Å²) in [5.41, 5.74) is 1.72. The number of aromatic nitrogens is 4. The van der Waals surface area contributed by atoms with Crippen LogP contribution in [0.5, 0.6) is 0 Å². The van der Waals surface area contributed by atoms with Gasteiger partial charge in [0, 0.05) is 13.1 Å². The fraction of sp³-hybridized carbons (Fsp3) is 0.188. The number of H-pyrrole nitrogens is 1. The van der Waals surface area contributed by atoms with E-state index in [1.54, 1.807) is 11.1 Å². The van der Waals surface area contributed by atoms with Crippen molar-refractivity contribution in [3.63, 3.8) is 0 Å². The fourth-order valence-electron chi connectivity index (χ4n) is 3.35. The van der Waals surface area contributed by atoms with E-state index in [1.807, 2.05) is 4.68 Å². The van der Waals surface area contributed by atoms with Gasteiger partial charge in [0.25, 0.3) is 0 Å². The molecule has 0 fully saturated rings. The molecular weight excluding hydrogens is 350 g/mol. The van der Waals surface area contributed by atoms with Gasteiger partial charge in [0.1, 0.15) is 23.2 Å². The van der Waals surface area contributed by atoms with E-state index in [1.165, 1.54) is 12.3 Å². The van der Waals surface area contributed by atoms with Crippen molar-refractivity contribution >= 4 is 28.9 Å². The van der Waals surface area contributed by atoms with Crippen LogP contribution in [0.15, 0.2) is 29.5 Å². The van der Waals surface area contributed by atoms with E-state index < -0.39 is 11.6 Å². The molecule has 0 amide bonds. The Hall–Kier alpha value is -2.74. The summed E-state index contributed by atoms with van der Waals surface area (Å²) in [6.07, 6.45) is 4.02.